The summed E-state index contributed by atoms with van der Waals surface area (Å²) in [7, 11) is 0. The van der Waals surface area contributed by atoms with Gasteiger partial charge in [0.15, 0.2) is 0 Å². The predicted molar refractivity (Wildman–Crippen MR) is 64.8 cm³/mol. The third-order valence-electron chi connectivity index (χ3n) is 2.38. The summed E-state index contributed by atoms with van der Waals surface area (Å²) in [5.41, 5.74) is 3.80. The van der Waals surface area contributed by atoms with E-state index >= 15 is 0 Å². The molecule has 0 aliphatic rings. The van der Waals surface area contributed by atoms with Gasteiger partial charge in [0.05, 0.1) is 16.6 Å². The standard InChI is InChI=1S/C10H13ClN4S/c1-7(11)9-5-15(14-13-9)4-3-10-8(2)12-6-16-10/h5-7H,3-4H2,1-2H3. The van der Waals surface area contributed by atoms with Crippen molar-refractivity contribution in [1.82, 2.24) is 20.0 Å². The van der Waals surface area contributed by atoms with Gasteiger partial charge in [-0.15, -0.1) is 28.0 Å². The number of alkyl halides is 1. The van der Waals surface area contributed by atoms with Gasteiger partial charge in [-0.25, -0.2) is 4.98 Å². The number of thiazole rings is 1. The maximum Gasteiger partial charge on any atom is 0.100 e. The molecule has 0 saturated heterocycles. The molecule has 2 aromatic rings. The largest absolute Gasteiger partial charge is 0.252 e. The van der Waals surface area contributed by atoms with E-state index in [0.717, 1.165) is 24.4 Å². The Hall–Kier alpha value is -0.940. The van der Waals surface area contributed by atoms with Crippen LogP contribution in [0.1, 0.15) is 28.6 Å². The van der Waals surface area contributed by atoms with Gasteiger partial charge >= 0.3 is 0 Å². The molecule has 2 aromatic heterocycles. The van der Waals surface area contributed by atoms with Crippen molar-refractivity contribution < 1.29 is 0 Å². The molecular formula is C10H13ClN4S. The highest BCUT2D eigenvalue weighted by atomic mass is 35.5. The van der Waals surface area contributed by atoms with Gasteiger partial charge in [-0.3, -0.25) is 4.68 Å². The lowest BCUT2D eigenvalue weighted by Gasteiger charge is -1.99. The molecule has 0 radical (unpaired) electrons. The molecule has 2 heterocycles. The average Bonchev–Trinajstić information content (AvgIpc) is 2.83. The maximum absolute atomic E-state index is 5.92. The maximum atomic E-state index is 5.92. The third kappa shape index (κ3) is 2.59. The number of nitrogens with zero attached hydrogens (tertiary/aromatic N) is 4. The Morgan fingerprint density at radius 1 is 1.56 bits per heavy atom. The highest BCUT2D eigenvalue weighted by molar-refractivity contribution is 7.09. The van der Waals surface area contributed by atoms with Crippen LogP contribution in [0.25, 0.3) is 0 Å². The van der Waals surface area contributed by atoms with E-state index in [2.05, 4.69) is 15.3 Å². The van der Waals surface area contributed by atoms with Crippen molar-refractivity contribution in [3.63, 3.8) is 0 Å². The van der Waals surface area contributed by atoms with E-state index in [1.165, 1.54) is 4.88 Å². The Bertz CT molecular complexity index is 463. The first-order valence-corrected chi connectivity index (χ1v) is 6.41. The molecule has 6 heteroatoms. The number of aromatic nitrogens is 4. The van der Waals surface area contributed by atoms with Crippen LogP contribution in [-0.4, -0.2) is 20.0 Å². The Labute approximate surface area is 103 Å². The molecule has 0 aromatic carbocycles. The zero-order chi connectivity index (χ0) is 11.5. The lowest BCUT2D eigenvalue weighted by molar-refractivity contribution is 0.591. The SMILES string of the molecule is Cc1ncsc1CCn1cc(C(C)Cl)nn1. The molecule has 86 valence electrons. The molecule has 16 heavy (non-hydrogen) atoms. The van der Waals surface area contributed by atoms with Crippen LogP contribution in [0.2, 0.25) is 0 Å². The second-order valence-electron chi connectivity index (χ2n) is 3.63. The topological polar surface area (TPSA) is 43.6 Å². The van der Waals surface area contributed by atoms with Crippen molar-refractivity contribution in [2.24, 2.45) is 0 Å². The number of halogens is 1. The fourth-order valence-corrected chi connectivity index (χ4v) is 2.26. The van der Waals surface area contributed by atoms with Crippen molar-refractivity contribution in [3.05, 3.63) is 28.0 Å². The Morgan fingerprint density at radius 3 is 2.94 bits per heavy atom. The van der Waals surface area contributed by atoms with Crippen LogP contribution < -0.4 is 0 Å². The Balaban J connectivity index is 1.97. The van der Waals surface area contributed by atoms with E-state index in [1.807, 2.05) is 30.2 Å². The van der Waals surface area contributed by atoms with Gasteiger partial charge < -0.3 is 0 Å². The minimum atomic E-state index is -0.0844. The number of aryl methyl sites for hydroxylation is 3. The molecule has 4 nitrogen and oxygen atoms in total. The molecule has 1 atom stereocenters. The summed E-state index contributed by atoms with van der Waals surface area (Å²) in [5.74, 6) is 0. The van der Waals surface area contributed by atoms with Crippen LogP contribution in [0.5, 0.6) is 0 Å². The third-order valence-corrected chi connectivity index (χ3v) is 3.60. The lowest BCUT2D eigenvalue weighted by atomic mass is 10.3. The zero-order valence-corrected chi connectivity index (χ0v) is 10.8. The van der Waals surface area contributed by atoms with Crippen LogP contribution in [0.4, 0.5) is 0 Å². The molecule has 0 N–H and O–H groups in total. The monoisotopic (exact) mass is 256 g/mol. The Morgan fingerprint density at radius 2 is 2.38 bits per heavy atom. The average molecular weight is 257 g/mol. The van der Waals surface area contributed by atoms with Crippen LogP contribution in [0.3, 0.4) is 0 Å². The zero-order valence-electron chi connectivity index (χ0n) is 9.22. The summed E-state index contributed by atoms with van der Waals surface area (Å²) < 4.78 is 1.83. The van der Waals surface area contributed by atoms with Crippen molar-refractivity contribution in [2.45, 2.75) is 32.2 Å². The summed E-state index contributed by atoms with van der Waals surface area (Å²) in [4.78, 5) is 5.52. The molecule has 0 fully saturated rings. The van der Waals surface area contributed by atoms with Gasteiger partial charge in [-0.1, -0.05) is 5.21 Å². The molecule has 0 saturated carbocycles. The van der Waals surface area contributed by atoms with E-state index in [4.69, 9.17) is 11.6 Å². The highest BCUT2D eigenvalue weighted by Crippen LogP contribution is 2.16. The summed E-state index contributed by atoms with van der Waals surface area (Å²) in [6.07, 6.45) is 2.84. The molecule has 0 amide bonds. The molecule has 1 unspecified atom stereocenters. The van der Waals surface area contributed by atoms with E-state index in [0.29, 0.717) is 0 Å². The van der Waals surface area contributed by atoms with Crippen molar-refractivity contribution in [1.29, 1.82) is 0 Å². The lowest BCUT2D eigenvalue weighted by Crippen LogP contribution is -2.01. The first-order valence-electron chi connectivity index (χ1n) is 5.10. The smallest absolute Gasteiger partial charge is 0.100 e. The van der Waals surface area contributed by atoms with Crippen molar-refractivity contribution in [2.75, 3.05) is 0 Å². The van der Waals surface area contributed by atoms with Crippen LogP contribution in [0.15, 0.2) is 11.7 Å². The summed E-state index contributed by atoms with van der Waals surface area (Å²) in [6, 6.07) is 0. The van der Waals surface area contributed by atoms with Gasteiger partial charge in [0.25, 0.3) is 0 Å². The highest BCUT2D eigenvalue weighted by Gasteiger charge is 2.07. The normalized spacial score (nSPS) is 12.9. The first-order chi connectivity index (χ1) is 7.66. The molecular weight excluding hydrogens is 244 g/mol. The quantitative estimate of drug-likeness (QED) is 0.790. The van der Waals surface area contributed by atoms with E-state index in [1.54, 1.807) is 11.3 Å². The molecule has 2 rings (SSSR count). The fraction of sp³-hybridized carbons (Fsp3) is 0.500. The predicted octanol–water partition coefficient (Wildman–Crippen LogP) is 2.59. The molecule has 0 bridgehead atoms. The minimum Gasteiger partial charge on any atom is -0.252 e. The first kappa shape index (κ1) is 11.5. The van der Waals surface area contributed by atoms with Crippen LogP contribution >= 0.6 is 22.9 Å². The number of rotatable bonds is 4. The van der Waals surface area contributed by atoms with Gasteiger partial charge in [0.2, 0.25) is 0 Å². The second-order valence-corrected chi connectivity index (χ2v) is 5.23. The summed E-state index contributed by atoms with van der Waals surface area (Å²) >= 11 is 7.60. The van der Waals surface area contributed by atoms with Gasteiger partial charge in [0, 0.05) is 24.0 Å². The number of hydrogen-bond acceptors (Lipinski definition) is 4. The Kier molecular flexibility index (Phi) is 3.56. The summed E-state index contributed by atoms with van der Waals surface area (Å²) in [5, 5.41) is 7.96. The summed E-state index contributed by atoms with van der Waals surface area (Å²) in [6.45, 7) is 4.74. The van der Waals surface area contributed by atoms with E-state index in [-0.39, 0.29) is 5.38 Å². The van der Waals surface area contributed by atoms with Gasteiger partial charge in [0.1, 0.15) is 5.69 Å². The van der Waals surface area contributed by atoms with Crippen molar-refractivity contribution >= 4 is 22.9 Å². The molecule has 0 spiro atoms. The molecule has 0 aliphatic heterocycles. The van der Waals surface area contributed by atoms with E-state index < -0.39 is 0 Å². The number of hydrogen-bond donors (Lipinski definition) is 0. The van der Waals surface area contributed by atoms with Gasteiger partial charge in [-0.2, -0.15) is 0 Å². The van der Waals surface area contributed by atoms with E-state index in [9.17, 15) is 0 Å². The second kappa shape index (κ2) is 4.93. The van der Waals surface area contributed by atoms with Crippen LogP contribution in [0, 0.1) is 6.92 Å². The minimum absolute atomic E-state index is 0.0844. The molecule has 0 aliphatic carbocycles. The van der Waals surface area contributed by atoms with Gasteiger partial charge in [-0.05, 0) is 13.8 Å². The van der Waals surface area contributed by atoms with Crippen molar-refractivity contribution in [3.8, 4) is 0 Å². The fourth-order valence-electron chi connectivity index (χ4n) is 1.39. The van der Waals surface area contributed by atoms with Crippen LogP contribution in [-0.2, 0) is 13.0 Å².